The summed E-state index contributed by atoms with van der Waals surface area (Å²) < 4.78 is 0. The number of thioether (sulfide) groups is 1. The SMILES string of the molecule is CSc1ccc(C2N=C(N)NC2=O)cc1. The van der Waals surface area contributed by atoms with Crippen LogP contribution in [-0.2, 0) is 4.79 Å². The van der Waals surface area contributed by atoms with Gasteiger partial charge in [0.15, 0.2) is 12.0 Å². The smallest absolute Gasteiger partial charge is 0.256 e. The number of nitrogens with two attached hydrogens (primary N) is 1. The summed E-state index contributed by atoms with van der Waals surface area (Å²) in [7, 11) is 0. The molecule has 1 aliphatic rings. The summed E-state index contributed by atoms with van der Waals surface area (Å²) in [6.45, 7) is 0. The highest BCUT2D eigenvalue weighted by atomic mass is 32.2. The number of amides is 1. The van der Waals surface area contributed by atoms with E-state index in [1.54, 1.807) is 11.8 Å². The molecule has 1 unspecified atom stereocenters. The van der Waals surface area contributed by atoms with Crippen LogP contribution in [0.5, 0.6) is 0 Å². The van der Waals surface area contributed by atoms with E-state index in [9.17, 15) is 4.79 Å². The van der Waals surface area contributed by atoms with E-state index in [1.165, 1.54) is 0 Å². The van der Waals surface area contributed by atoms with Gasteiger partial charge in [0.1, 0.15) is 0 Å². The highest BCUT2D eigenvalue weighted by Crippen LogP contribution is 2.23. The molecular formula is C10H11N3OS. The molecule has 5 heteroatoms. The van der Waals surface area contributed by atoms with E-state index in [0.717, 1.165) is 10.5 Å². The van der Waals surface area contributed by atoms with Crippen molar-refractivity contribution in [3.8, 4) is 0 Å². The van der Waals surface area contributed by atoms with E-state index < -0.39 is 6.04 Å². The number of carbonyl (C=O) groups excluding carboxylic acids is 1. The normalized spacial score (nSPS) is 19.9. The lowest BCUT2D eigenvalue weighted by Gasteiger charge is -2.05. The predicted octanol–water partition coefficient (Wildman–Crippen LogP) is 0.894. The van der Waals surface area contributed by atoms with Crippen molar-refractivity contribution < 1.29 is 4.79 Å². The molecule has 0 spiro atoms. The Morgan fingerprint density at radius 3 is 2.53 bits per heavy atom. The molecule has 78 valence electrons. The maximum atomic E-state index is 11.4. The zero-order chi connectivity index (χ0) is 10.8. The number of nitrogens with zero attached hydrogens (tertiary/aromatic N) is 1. The van der Waals surface area contributed by atoms with Crippen molar-refractivity contribution in [3.63, 3.8) is 0 Å². The molecule has 2 rings (SSSR count). The summed E-state index contributed by atoms with van der Waals surface area (Å²) in [6, 6.07) is 7.26. The molecule has 0 bridgehead atoms. The zero-order valence-corrected chi connectivity index (χ0v) is 9.04. The maximum absolute atomic E-state index is 11.4. The number of hydrogen-bond donors (Lipinski definition) is 2. The Labute approximate surface area is 92.0 Å². The van der Waals surface area contributed by atoms with Crippen molar-refractivity contribution in [1.82, 2.24) is 5.32 Å². The van der Waals surface area contributed by atoms with Gasteiger partial charge in [-0.05, 0) is 24.0 Å². The second kappa shape index (κ2) is 3.94. The fraction of sp³-hybridized carbons (Fsp3) is 0.200. The quantitative estimate of drug-likeness (QED) is 0.729. The monoisotopic (exact) mass is 221 g/mol. The fourth-order valence-electron chi connectivity index (χ4n) is 1.44. The van der Waals surface area contributed by atoms with Gasteiger partial charge in [0.2, 0.25) is 0 Å². The average molecular weight is 221 g/mol. The first-order valence-electron chi connectivity index (χ1n) is 4.49. The maximum Gasteiger partial charge on any atom is 0.256 e. The summed E-state index contributed by atoms with van der Waals surface area (Å²) in [5, 5.41) is 2.48. The van der Waals surface area contributed by atoms with Crippen LogP contribution in [0.1, 0.15) is 11.6 Å². The Hall–Kier alpha value is -1.49. The van der Waals surface area contributed by atoms with Crippen molar-refractivity contribution >= 4 is 23.6 Å². The molecule has 1 aliphatic heterocycles. The minimum absolute atomic E-state index is 0.163. The van der Waals surface area contributed by atoms with Crippen LogP contribution in [0.3, 0.4) is 0 Å². The fourth-order valence-corrected chi connectivity index (χ4v) is 1.84. The van der Waals surface area contributed by atoms with Crippen LogP contribution < -0.4 is 11.1 Å². The van der Waals surface area contributed by atoms with Gasteiger partial charge in [0.25, 0.3) is 5.91 Å². The second-order valence-electron chi connectivity index (χ2n) is 3.18. The third kappa shape index (κ3) is 1.97. The van der Waals surface area contributed by atoms with Gasteiger partial charge in [-0.1, -0.05) is 12.1 Å². The molecular weight excluding hydrogens is 210 g/mol. The van der Waals surface area contributed by atoms with Crippen LogP contribution in [0.2, 0.25) is 0 Å². The summed E-state index contributed by atoms with van der Waals surface area (Å²) >= 11 is 1.66. The first kappa shape index (κ1) is 10.0. The van der Waals surface area contributed by atoms with Crippen molar-refractivity contribution in [2.45, 2.75) is 10.9 Å². The van der Waals surface area contributed by atoms with E-state index in [2.05, 4.69) is 10.3 Å². The third-order valence-corrected chi connectivity index (χ3v) is 2.94. The molecule has 0 aliphatic carbocycles. The second-order valence-corrected chi connectivity index (χ2v) is 4.06. The Morgan fingerprint density at radius 1 is 1.40 bits per heavy atom. The number of benzene rings is 1. The van der Waals surface area contributed by atoms with Gasteiger partial charge in [-0.15, -0.1) is 11.8 Å². The van der Waals surface area contributed by atoms with Gasteiger partial charge in [-0.3, -0.25) is 10.1 Å². The van der Waals surface area contributed by atoms with Crippen molar-refractivity contribution in [1.29, 1.82) is 0 Å². The van der Waals surface area contributed by atoms with Gasteiger partial charge < -0.3 is 5.73 Å². The van der Waals surface area contributed by atoms with E-state index in [1.807, 2.05) is 30.5 Å². The third-order valence-electron chi connectivity index (χ3n) is 2.20. The molecule has 4 nitrogen and oxygen atoms in total. The van der Waals surface area contributed by atoms with Crippen molar-refractivity contribution in [2.75, 3.05) is 6.26 Å². The zero-order valence-electron chi connectivity index (χ0n) is 8.23. The topological polar surface area (TPSA) is 67.5 Å². The van der Waals surface area contributed by atoms with E-state index >= 15 is 0 Å². The lowest BCUT2D eigenvalue weighted by molar-refractivity contribution is -0.120. The predicted molar refractivity (Wildman–Crippen MR) is 60.7 cm³/mol. The van der Waals surface area contributed by atoms with Crippen LogP contribution >= 0.6 is 11.8 Å². The highest BCUT2D eigenvalue weighted by Gasteiger charge is 2.26. The molecule has 0 radical (unpaired) electrons. The molecule has 1 aromatic carbocycles. The Kier molecular flexibility index (Phi) is 2.64. The number of hydrogen-bond acceptors (Lipinski definition) is 4. The Morgan fingerprint density at radius 2 is 2.07 bits per heavy atom. The molecule has 3 N–H and O–H groups in total. The molecule has 0 saturated heterocycles. The Bertz CT molecular complexity index is 413. The van der Waals surface area contributed by atoms with E-state index in [4.69, 9.17) is 5.73 Å². The van der Waals surface area contributed by atoms with Crippen molar-refractivity contribution in [3.05, 3.63) is 29.8 Å². The summed E-state index contributed by atoms with van der Waals surface area (Å²) in [4.78, 5) is 16.6. The molecule has 1 heterocycles. The molecule has 1 atom stereocenters. The largest absolute Gasteiger partial charge is 0.370 e. The van der Waals surface area contributed by atoms with Gasteiger partial charge >= 0.3 is 0 Å². The van der Waals surface area contributed by atoms with Crippen LogP contribution in [0.4, 0.5) is 0 Å². The van der Waals surface area contributed by atoms with E-state index in [-0.39, 0.29) is 11.9 Å². The highest BCUT2D eigenvalue weighted by molar-refractivity contribution is 7.98. The minimum atomic E-state index is -0.485. The van der Waals surface area contributed by atoms with Crippen LogP contribution in [0.25, 0.3) is 0 Å². The van der Waals surface area contributed by atoms with Crippen LogP contribution in [-0.4, -0.2) is 18.1 Å². The molecule has 1 aromatic rings. The van der Waals surface area contributed by atoms with Crippen LogP contribution in [0, 0.1) is 0 Å². The van der Waals surface area contributed by atoms with Gasteiger partial charge in [-0.2, -0.15) is 0 Å². The van der Waals surface area contributed by atoms with E-state index in [0.29, 0.717) is 0 Å². The molecule has 15 heavy (non-hydrogen) atoms. The average Bonchev–Trinajstić information content (AvgIpc) is 2.58. The standard InChI is InChI=1S/C10H11N3OS/c1-15-7-4-2-6(3-5-7)8-9(14)13-10(11)12-8/h2-5,8H,1H3,(H3,11,12,13,14). The number of rotatable bonds is 2. The number of carbonyl (C=O) groups is 1. The summed E-state index contributed by atoms with van der Waals surface area (Å²) in [5.74, 6) is 0.0309. The lowest BCUT2D eigenvalue weighted by Crippen LogP contribution is -2.31. The molecule has 0 aromatic heterocycles. The Balaban J connectivity index is 2.26. The number of aliphatic imine (C=N–C) groups is 1. The minimum Gasteiger partial charge on any atom is -0.370 e. The molecule has 0 saturated carbocycles. The van der Waals surface area contributed by atoms with Gasteiger partial charge in [0.05, 0.1) is 0 Å². The van der Waals surface area contributed by atoms with Crippen molar-refractivity contribution in [2.24, 2.45) is 10.7 Å². The lowest BCUT2D eigenvalue weighted by atomic mass is 10.1. The summed E-state index contributed by atoms with van der Waals surface area (Å²) in [6.07, 6.45) is 2.01. The first-order valence-corrected chi connectivity index (χ1v) is 5.71. The van der Waals surface area contributed by atoms with Crippen LogP contribution in [0.15, 0.2) is 34.2 Å². The number of guanidine groups is 1. The molecule has 1 amide bonds. The molecule has 0 fully saturated rings. The first-order chi connectivity index (χ1) is 7.20. The van der Waals surface area contributed by atoms with Gasteiger partial charge in [0, 0.05) is 4.90 Å². The van der Waals surface area contributed by atoms with Gasteiger partial charge in [-0.25, -0.2) is 4.99 Å². The summed E-state index contributed by atoms with van der Waals surface area (Å²) in [5.41, 5.74) is 6.29. The number of nitrogens with one attached hydrogen (secondary N) is 1.